The van der Waals surface area contributed by atoms with Crippen LogP contribution < -0.4 is 31.8 Å². The summed E-state index contributed by atoms with van der Waals surface area (Å²) in [5, 5.41) is 43.8. The van der Waals surface area contributed by atoms with E-state index in [9.17, 15) is 20.5 Å². The minimum absolute atomic E-state index is 0.0535. The Morgan fingerprint density at radius 2 is 1.90 bits per heavy atom. The third-order valence-electron chi connectivity index (χ3n) is 10.5. The van der Waals surface area contributed by atoms with Gasteiger partial charge in [-0.3, -0.25) is 15.5 Å². The van der Waals surface area contributed by atoms with E-state index in [1.165, 1.54) is 21.6 Å². The maximum atomic E-state index is 15.1. The first kappa shape index (κ1) is 34.3. The number of nitrogens with zero attached hydrogens (tertiary/aromatic N) is 1. The van der Waals surface area contributed by atoms with E-state index in [0.29, 0.717) is 45.9 Å². The van der Waals surface area contributed by atoms with Crippen molar-refractivity contribution in [3.8, 4) is 11.5 Å². The zero-order valence-corrected chi connectivity index (χ0v) is 29.1. The molecule has 5 atom stereocenters. The lowest BCUT2D eigenvalue weighted by molar-refractivity contribution is -0.0727. The number of guanidine groups is 1. The van der Waals surface area contributed by atoms with E-state index in [1.807, 2.05) is 6.92 Å². The molecule has 2 bridgehead atoms. The van der Waals surface area contributed by atoms with Crippen molar-refractivity contribution in [1.29, 1.82) is 0 Å². The van der Waals surface area contributed by atoms with Crippen LogP contribution in [-0.2, 0) is 12.2 Å². The number of aliphatic hydroxyl groups is 3. The second-order valence-electron chi connectivity index (χ2n) is 14.1. The van der Waals surface area contributed by atoms with Crippen molar-refractivity contribution < 1.29 is 34.4 Å². The summed E-state index contributed by atoms with van der Waals surface area (Å²) in [5.74, 6) is 1.31. The van der Waals surface area contributed by atoms with Gasteiger partial charge in [0, 0.05) is 47.0 Å². The molecule has 14 heteroatoms. The SMILES string of the molecule is C[C@]1(O)CCC[C@H]2c3c(c4c5oc(c(Cc6ccc(NO)cc6)c(=O)c5c3OC3CCCC3)[C@H](O)C[C@@](CO)(N=C(N)N)CSSC4)O[C@@H]21. The number of aliphatic imine (C=N–C) groups is 1. The molecule has 12 nitrogen and oxygen atoms in total. The van der Waals surface area contributed by atoms with Gasteiger partial charge in [-0.2, -0.15) is 0 Å². The second-order valence-corrected chi connectivity index (χ2v) is 16.6. The van der Waals surface area contributed by atoms with E-state index in [0.717, 1.165) is 49.7 Å². The van der Waals surface area contributed by atoms with Gasteiger partial charge in [0.05, 0.1) is 24.0 Å². The fourth-order valence-corrected chi connectivity index (χ4v) is 10.6. The molecule has 9 N–H and O–H groups in total. The van der Waals surface area contributed by atoms with Crippen molar-refractivity contribution in [2.75, 3.05) is 17.8 Å². The molecule has 264 valence electrons. The second kappa shape index (κ2) is 13.5. The summed E-state index contributed by atoms with van der Waals surface area (Å²) in [4.78, 5) is 19.5. The van der Waals surface area contributed by atoms with Gasteiger partial charge in [-0.15, -0.1) is 0 Å². The highest BCUT2D eigenvalue weighted by Crippen LogP contribution is 2.57. The van der Waals surface area contributed by atoms with Crippen LogP contribution in [0.5, 0.6) is 11.5 Å². The quantitative estimate of drug-likeness (QED) is 0.0775. The van der Waals surface area contributed by atoms with Gasteiger partial charge in [0.2, 0.25) is 0 Å². The maximum Gasteiger partial charge on any atom is 0.200 e. The zero-order valence-electron chi connectivity index (χ0n) is 27.4. The van der Waals surface area contributed by atoms with Crippen molar-refractivity contribution in [1.82, 2.24) is 0 Å². The summed E-state index contributed by atoms with van der Waals surface area (Å²) in [7, 11) is 2.93. The van der Waals surface area contributed by atoms with E-state index < -0.39 is 30.0 Å². The standard InChI is InChI=1S/C35H44N4O8S2/c1-34(43)12-4-7-21-25-29(47-32(21)34)23-15-48-49-17-35(16-40,38-33(36)37)14-24(41)28-22(13-18-8-10-19(39-44)11-9-18)27(42)26(30(23)46-28)31(25)45-20-5-2-3-6-20/h8-11,20-21,24,32,39-41,43-44H,2-7,12-17H2,1H3,(H4,36,37,38)/t21-,24+,32-,34-,35-/m0/s1. The number of ether oxygens (including phenoxy) is 2. The summed E-state index contributed by atoms with van der Waals surface area (Å²) < 4.78 is 20.3. The third kappa shape index (κ3) is 6.36. The Morgan fingerprint density at radius 3 is 2.59 bits per heavy atom. The first-order valence-electron chi connectivity index (χ1n) is 16.9. The molecule has 0 unspecified atom stereocenters. The molecule has 0 radical (unpaired) electrons. The highest BCUT2D eigenvalue weighted by atomic mass is 33.1. The highest BCUT2D eigenvalue weighted by Gasteiger charge is 2.51. The van der Waals surface area contributed by atoms with Crippen LogP contribution in [0, 0.1) is 0 Å². The van der Waals surface area contributed by atoms with Crippen molar-refractivity contribution in [3.05, 3.63) is 62.5 Å². The van der Waals surface area contributed by atoms with Crippen LogP contribution in [0.4, 0.5) is 5.69 Å². The molecule has 7 rings (SSSR count). The minimum atomic E-state index is -1.37. The van der Waals surface area contributed by atoms with Gasteiger partial charge in [0.25, 0.3) is 0 Å². The van der Waals surface area contributed by atoms with Crippen LogP contribution in [0.1, 0.15) is 98.3 Å². The molecule has 2 saturated carbocycles. The molecule has 2 aliphatic carbocycles. The Bertz CT molecular complexity index is 1810. The van der Waals surface area contributed by atoms with Gasteiger partial charge in [-0.25, -0.2) is 4.99 Å². The number of nitrogens with one attached hydrogen (secondary N) is 1. The summed E-state index contributed by atoms with van der Waals surface area (Å²) in [5.41, 5.74) is 14.3. The monoisotopic (exact) mass is 712 g/mol. The van der Waals surface area contributed by atoms with Crippen LogP contribution in [0.3, 0.4) is 0 Å². The summed E-state index contributed by atoms with van der Waals surface area (Å²) in [6.07, 6.45) is 4.01. The summed E-state index contributed by atoms with van der Waals surface area (Å²) >= 11 is 0. The lowest BCUT2D eigenvalue weighted by Gasteiger charge is -2.37. The van der Waals surface area contributed by atoms with Gasteiger partial charge >= 0.3 is 0 Å². The van der Waals surface area contributed by atoms with Crippen molar-refractivity contribution >= 4 is 44.2 Å². The number of rotatable bonds is 7. The van der Waals surface area contributed by atoms with E-state index in [2.05, 4.69) is 10.5 Å². The van der Waals surface area contributed by atoms with Gasteiger partial charge < -0.3 is 40.7 Å². The molecular formula is C35H44N4O8S2. The first-order valence-corrected chi connectivity index (χ1v) is 19.4. The molecule has 0 saturated heterocycles. The Kier molecular flexibility index (Phi) is 9.48. The number of anilines is 1. The van der Waals surface area contributed by atoms with Crippen LogP contribution in [0.2, 0.25) is 0 Å². The fraction of sp³-hybridized carbons (Fsp3) is 0.543. The summed E-state index contributed by atoms with van der Waals surface area (Å²) in [6, 6.07) is 6.94. The lowest BCUT2D eigenvalue weighted by Crippen LogP contribution is -2.47. The van der Waals surface area contributed by atoms with Crippen molar-refractivity contribution in [2.45, 2.75) is 106 Å². The Hall–Kier alpha value is -3.14. The average Bonchev–Trinajstić information content (AvgIpc) is 3.73. The Balaban J connectivity index is 1.50. The number of aliphatic hydroxyl groups excluding tert-OH is 2. The predicted molar refractivity (Wildman–Crippen MR) is 191 cm³/mol. The Labute approximate surface area is 292 Å². The number of nitrogens with two attached hydrogens (primary N) is 2. The maximum absolute atomic E-state index is 15.1. The molecule has 3 heterocycles. The topological polar surface area (TPSA) is 206 Å². The van der Waals surface area contributed by atoms with E-state index >= 15 is 4.79 Å². The van der Waals surface area contributed by atoms with Gasteiger partial charge in [-0.1, -0.05) is 33.7 Å². The predicted octanol–water partition coefficient (Wildman–Crippen LogP) is 4.61. The van der Waals surface area contributed by atoms with Crippen LogP contribution in [0.15, 0.2) is 38.5 Å². The third-order valence-corrected chi connectivity index (χ3v) is 12.9. The normalized spacial score (nSPS) is 28.4. The summed E-state index contributed by atoms with van der Waals surface area (Å²) in [6.45, 7) is 1.36. The molecule has 49 heavy (non-hydrogen) atoms. The molecule has 0 spiro atoms. The largest absolute Gasteiger partial charge is 0.489 e. The molecule has 1 aromatic heterocycles. The molecule has 3 aromatic rings. The van der Waals surface area contributed by atoms with Gasteiger partial charge in [-0.05, 0) is 69.6 Å². The van der Waals surface area contributed by atoms with Crippen molar-refractivity contribution in [2.24, 2.45) is 16.5 Å². The minimum Gasteiger partial charge on any atom is -0.489 e. The van der Waals surface area contributed by atoms with E-state index in [4.69, 9.17) is 25.4 Å². The average molecular weight is 713 g/mol. The van der Waals surface area contributed by atoms with Gasteiger partial charge in [0.1, 0.15) is 46.0 Å². The smallest absolute Gasteiger partial charge is 0.200 e. The van der Waals surface area contributed by atoms with Crippen LogP contribution in [-0.4, -0.2) is 62.2 Å². The van der Waals surface area contributed by atoms with Crippen LogP contribution in [0.25, 0.3) is 11.0 Å². The molecule has 2 fully saturated rings. The molecule has 2 aliphatic heterocycles. The first-order chi connectivity index (χ1) is 23.5. The number of hydrogen-bond acceptors (Lipinski definition) is 12. The fourth-order valence-electron chi connectivity index (χ4n) is 8.05. The molecular weight excluding hydrogens is 669 g/mol. The zero-order chi connectivity index (χ0) is 34.5. The van der Waals surface area contributed by atoms with Gasteiger partial charge in [0.15, 0.2) is 11.4 Å². The van der Waals surface area contributed by atoms with Crippen molar-refractivity contribution in [3.63, 3.8) is 0 Å². The molecule has 4 aliphatic rings. The number of hydrogen-bond donors (Lipinski definition) is 7. The number of benzene rings is 2. The van der Waals surface area contributed by atoms with Crippen LogP contribution >= 0.6 is 21.6 Å². The Morgan fingerprint density at radius 1 is 1.14 bits per heavy atom. The van der Waals surface area contributed by atoms with E-state index in [-0.39, 0.29) is 53.3 Å². The number of fused-ring (bicyclic) bond motifs is 5. The van der Waals surface area contributed by atoms with E-state index in [1.54, 1.807) is 24.3 Å². The lowest BCUT2D eigenvalue weighted by atomic mass is 9.74. The molecule has 0 amide bonds. The highest BCUT2D eigenvalue weighted by molar-refractivity contribution is 8.76. The molecule has 2 aromatic carbocycles.